The Labute approximate surface area is 138 Å². The van der Waals surface area contributed by atoms with Gasteiger partial charge in [-0.05, 0) is 11.4 Å². The van der Waals surface area contributed by atoms with Gasteiger partial charge in [-0.25, -0.2) is 4.98 Å². The molecule has 0 saturated heterocycles. The fourth-order valence-electron chi connectivity index (χ4n) is 1.81. The van der Waals surface area contributed by atoms with E-state index in [1.165, 1.54) is 33.1 Å². The third kappa shape index (κ3) is 3.63. The van der Waals surface area contributed by atoms with Crippen molar-refractivity contribution < 1.29 is 14.3 Å². The SMILES string of the molecule is O=C(CNC(=O)c1cccs1)OCc1cc(=O)n2ccsc2n1. The smallest absolute Gasteiger partial charge is 0.325 e. The lowest BCUT2D eigenvalue weighted by Gasteiger charge is -2.05. The van der Waals surface area contributed by atoms with Crippen LogP contribution in [-0.4, -0.2) is 27.8 Å². The molecule has 1 amide bonds. The molecule has 118 valence electrons. The molecule has 0 fully saturated rings. The summed E-state index contributed by atoms with van der Waals surface area (Å²) in [5, 5.41) is 6.00. The molecular weight excluding hydrogens is 338 g/mol. The number of hydrogen-bond donors (Lipinski definition) is 1. The number of nitrogens with one attached hydrogen (secondary N) is 1. The van der Waals surface area contributed by atoms with Crippen LogP contribution in [0.2, 0.25) is 0 Å². The molecule has 0 aromatic carbocycles. The molecule has 0 aliphatic heterocycles. The second kappa shape index (κ2) is 6.71. The number of hydrogen-bond acceptors (Lipinski definition) is 7. The number of esters is 1. The number of carbonyl (C=O) groups excluding carboxylic acids is 2. The van der Waals surface area contributed by atoms with Crippen LogP contribution in [0.1, 0.15) is 15.4 Å². The molecule has 3 aromatic heterocycles. The monoisotopic (exact) mass is 349 g/mol. The summed E-state index contributed by atoms with van der Waals surface area (Å²) in [7, 11) is 0. The van der Waals surface area contributed by atoms with Gasteiger partial charge in [-0.1, -0.05) is 6.07 Å². The maximum Gasteiger partial charge on any atom is 0.325 e. The van der Waals surface area contributed by atoms with Crippen molar-refractivity contribution in [3.8, 4) is 0 Å². The predicted molar refractivity (Wildman–Crippen MR) is 85.8 cm³/mol. The minimum Gasteiger partial charge on any atom is -0.458 e. The molecule has 9 heteroatoms. The first-order valence-corrected chi connectivity index (χ1v) is 8.32. The lowest BCUT2D eigenvalue weighted by Crippen LogP contribution is -2.30. The maximum atomic E-state index is 11.8. The number of aromatic nitrogens is 2. The van der Waals surface area contributed by atoms with Gasteiger partial charge >= 0.3 is 5.97 Å². The summed E-state index contributed by atoms with van der Waals surface area (Å²) in [5.74, 6) is -0.920. The van der Waals surface area contributed by atoms with Crippen molar-refractivity contribution in [3.05, 3.63) is 56.1 Å². The Morgan fingerprint density at radius 1 is 1.30 bits per heavy atom. The van der Waals surface area contributed by atoms with Crippen LogP contribution in [0, 0.1) is 0 Å². The molecule has 3 heterocycles. The minimum absolute atomic E-state index is 0.114. The van der Waals surface area contributed by atoms with Crippen molar-refractivity contribution in [1.29, 1.82) is 0 Å². The van der Waals surface area contributed by atoms with Crippen LogP contribution in [0.3, 0.4) is 0 Å². The second-order valence-electron chi connectivity index (χ2n) is 4.46. The largest absolute Gasteiger partial charge is 0.458 e. The summed E-state index contributed by atoms with van der Waals surface area (Å²) in [6.45, 7) is -0.353. The lowest BCUT2D eigenvalue weighted by atomic mass is 10.4. The van der Waals surface area contributed by atoms with Crippen LogP contribution in [0.5, 0.6) is 0 Å². The highest BCUT2D eigenvalue weighted by atomic mass is 32.1. The van der Waals surface area contributed by atoms with E-state index in [2.05, 4.69) is 10.3 Å². The highest BCUT2D eigenvalue weighted by Gasteiger charge is 2.10. The highest BCUT2D eigenvalue weighted by molar-refractivity contribution is 7.15. The molecule has 7 nitrogen and oxygen atoms in total. The standard InChI is InChI=1S/C14H11N3O4S2/c18-11-6-9(16-14-17(11)3-5-23-14)8-21-12(19)7-15-13(20)10-2-1-4-22-10/h1-6H,7-8H2,(H,15,20). The van der Waals surface area contributed by atoms with Gasteiger partial charge in [0.05, 0.1) is 10.6 Å². The van der Waals surface area contributed by atoms with Gasteiger partial charge in [-0.3, -0.25) is 18.8 Å². The summed E-state index contributed by atoms with van der Waals surface area (Å²) in [6, 6.07) is 4.74. The number of fused-ring (bicyclic) bond motifs is 1. The molecule has 0 unspecified atom stereocenters. The van der Waals surface area contributed by atoms with Crippen LogP contribution in [0.4, 0.5) is 0 Å². The summed E-state index contributed by atoms with van der Waals surface area (Å²) in [4.78, 5) is 40.4. The first-order chi connectivity index (χ1) is 11.1. The molecule has 0 bridgehead atoms. The Bertz CT molecular complexity index is 898. The number of ether oxygens (including phenoxy) is 1. The van der Waals surface area contributed by atoms with Crippen LogP contribution in [-0.2, 0) is 16.1 Å². The van der Waals surface area contributed by atoms with E-state index in [0.29, 0.717) is 15.5 Å². The van der Waals surface area contributed by atoms with E-state index < -0.39 is 5.97 Å². The number of nitrogens with zero attached hydrogens (tertiary/aromatic N) is 2. The third-order valence-corrected chi connectivity index (χ3v) is 4.50. The Kier molecular flexibility index (Phi) is 4.49. The van der Waals surface area contributed by atoms with Crippen molar-refractivity contribution in [2.75, 3.05) is 6.54 Å². The summed E-state index contributed by atoms with van der Waals surface area (Å²) >= 11 is 2.60. The van der Waals surface area contributed by atoms with Gasteiger partial charge < -0.3 is 10.1 Å². The molecule has 0 saturated carbocycles. The molecule has 3 aromatic rings. The van der Waals surface area contributed by atoms with Gasteiger partial charge in [0.15, 0.2) is 4.96 Å². The molecule has 0 aliphatic rings. The zero-order chi connectivity index (χ0) is 16.2. The molecule has 3 rings (SSSR count). The third-order valence-electron chi connectivity index (χ3n) is 2.88. The quantitative estimate of drug-likeness (QED) is 0.701. The van der Waals surface area contributed by atoms with E-state index in [0.717, 1.165) is 0 Å². The molecule has 0 aliphatic carbocycles. The number of amides is 1. The molecule has 0 atom stereocenters. The van der Waals surface area contributed by atoms with E-state index >= 15 is 0 Å². The topological polar surface area (TPSA) is 89.8 Å². The van der Waals surface area contributed by atoms with E-state index in [1.807, 2.05) is 0 Å². The van der Waals surface area contributed by atoms with Crippen LogP contribution >= 0.6 is 22.7 Å². The number of rotatable bonds is 5. The molecule has 0 radical (unpaired) electrons. The Morgan fingerprint density at radius 3 is 2.96 bits per heavy atom. The average molecular weight is 349 g/mol. The van der Waals surface area contributed by atoms with Gasteiger partial charge in [-0.2, -0.15) is 0 Å². The predicted octanol–water partition coefficient (Wildman–Crippen LogP) is 1.29. The van der Waals surface area contributed by atoms with Gasteiger partial charge in [0.1, 0.15) is 13.2 Å². The van der Waals surface area contributed by atoms with E-state index in [9.17, 15) is 14.4 Å². The van der Waals surface area contributed by atoms with Crippen molar-refractivity contribution in [2.45, 2.75) is 6.61 Å². The van der Waals surface area contributed by atoms with Gasteiger partial charge in [0.2, 0.25) is 0 Å². The maximum absolute atomic E-state index is 11.8. The number of carbonyl (C=O) groups is 2. The zero-order valence-corrected chi connectivity index (χ0v) is 13.4. The fourth-order valence-corrected chi connectivity index (χ4v) is 3.19. The average Bonchev–Trinajstić information content (AvgIpc) is 3.21. The molecule has 1 N–H and O–H groups in total. The zero-order valence-electron chi connectivity index (χ0n) is 11.7. The number of thiophene rings is 1. The van der Waals surface area contributed by atoms with E-state index in [-0.39, 0.29) is 24.6 Å². The molecule has 0 spiro atoms. The van der Waals surface area contributed by atoms with Gasteiger partial charge in [-0.15, -0.1) is 22.7 Å². The second-order valence-corrected chi connectivity index (χ2v) is 6.28. The Morgan fingerprint density at radius 2 is 2.17 bits per heavy atom. The molecular formula is C14H11N3O4S2. The summed E-state index contributed by atoms with van der Waals surface area (Å²) in [6.07, 6.45) is 1.63. The number of thiazole rings is 1. The first-order valence-electron chi connectivity index (χ1n) is 6.56. The lowest BCUT2D eigenvalue weighted by molar-refractivity contribution is -0.143. The summed E-state index contributed by atoms with van der Waals surface area (Å²) < 4.78 is 6.43. The Balaban J connectivity index is 1.54. The fraction of sp³-hybridized carbons (Fsp3) is 0.143. The van der Waals surface area contributed by atoms with Gasteiger partial charge in [0, 0.05) is 17.6 Å². The van der Waals surface area contributed by atoms with Crippen molar-refractivity contribution in [2.24, 2.45) is 0 Å². The first kappa shape index (κ1) is 15.4. The van der Waals surface area contributed by atoms with Crippen LogP contribution < -0.4 is 10.9 Å². The van der Waals surface area contributed by atoms with E-state index in [4.69, 9.17) is 4.74 Å². The normalized spacial score (nSPS) is 10.6. The minimum atomic E-state index is -0.594. The molecule has 23 heavy (non-hydrogen) atoms. The summed E-state index contributed by atoms with van der Waals surface area (Å²) in [5.41, 5.74) is 0.142. The van der Waals surface area contributed by atoms with Crippen molar-refractivity contribution >= 4 is 39.5 Å². The van der Waals surface area contributed by atoms with Crippen molar-refractivity contribution in [3.63, 3.8) is 0 Å². The van der Waals surface area contributed by atoms with E-state index in [1.54, 1.807) is 29.1 Å². The van der Waals surface area contributed by atoms with Crippen LogP contribution in [0.15, 0.2) is 40.0 Å². The van der Waals surface area contributed by atoms with Crippen molar-refractivity contribution in [1.82, 2.24) is 14.7 Å². The highest BCUT2D eigenvalue weighted by Crippen LogP contribution is 2.08. The van der Waals surface area contributed by atoms with Crippen LogP contribution in [0.25, 0.3) is 4.96 Å². The van der Waals surface area contributed by atoms with Gasteiger partial charge in [0.25, 0.3) is 11.5 Å². The Hall–Kier alpha value is -2.52.